The molecule has 0 unspecified atom stereocenters. The standard InChI is InChI=1S/C18H13F2NO/c19-15-5-1-3-12(9-15)17-14(11-22)7-8-21-18(17)13-4-2-6-16(20)10-13/h1-10,22H,11H2. The molecule has 1 N–H and O–H groups in total. The Morgan fingerprint density at radius 1 is 0.864 bits per heavy atom. The Morgan fingerprint density at radius 3 is 2.14 bits per heavy atom. The van der Waals surface area contributed by atoms with Gasteiger partial charge in [-0.1, -0.05) is 24.3 Å². The summed E-state index contributed by atoms with van der Waals surface area (Å²) >= 11 is 0. The maximum atomic E-state index is 13.5. The van der Waals surface area contributed by atoms with Crippen molar-refractivity contribution in [3.05, 3.63) is 78.0 Å². The summed E-state index contributed by atoms with van der Waals surface area (Å²) in [6.45, 7) is -0.212. The Hall–Kier alpha value is -2.59. The molecule has 0 amide bonds. The molecule has 0 aliphatic carbocycles. The lowest BCUT2D eigenvalue weighted by atomic mass is 9.95. The fourth-order valence-electron chi connectivity index (χ4n) is 2.45. The van der Waals surface area contributed by atoms with E-state index in [1.807, 2.05) is 0 Å². The van der Waals surface area contributed by atoms with Gasteiger partial charge in [0.25, 0.3) is 0 Å². The molecule has 0 radical (unpaired) electrons. The number of aromatic nitrogens is 1. The van der Waals surface area contributed by atoms with E-state index in [2.05, 4.69) is 4.98 Å². The minimum Gasteiger partial charge on any atom is -0.392 e. The average Bonchev–Trinajstić information content (AvgIpc) is 2.54. The van der Waals surface area contributed by atoms with Crippen LogP contribution < -0.4 is 0 Å². The second-order valence-corrected chi connectivity index (χ2v) is 4.87. The van der Waals surface area contributed by atoms with E-state index in [1.165, 1.54) is 24.3 Å². The fraction of sp³-hybridized carbons (Fsp3) is 0.0556. The van der Waals surface area contributed by atoms with Crippen molar-refractivity contribution >= 4 is 0 Å². The Balaban J connectivity index is 2.27. The van der Waals surface area contributed by atoms with Crippen LogP contribution >= 0.6 is 0 Å². The van der Waals surface area contributed by atoms with E-state index in [0.29, 0.717) is 27.9 Å². The van der Waals surface area contributed by atoms with Gasteiger partial charge >= 0.3 is 0 Å². The molecule has 2 aromatic carbocycles. The molecule has 0 saturated carbocycles. The van der Waals surface area contributed by atoms with Gasteiger partial charge in [-0.25, -0.2) is 8.78 Å². The number of hydrogen-bond donors (Lipinski definition) is 1. The van der Waals surface area contributed by atoms with E-state index in [4.69, 9.17) is 0 Å². The first kappa shape index (κ1) is 14.4. The summed E-state index contributed by atoms with van der Waals surface area (Å²) in [7, 11) is 0. The summed E-state index contributed by atoms with van der Waals surface area (Å²) in [6, 6.07) is 13.8. The van der Waals surface area contributed by atoms with Crippen LogP contribution in [0.4, 0.5) is 8.78 Å². The van der Waals surface area contributed by atoms with Crippen molar-refractivity contribution < 1.29 is 13.9 Å². The van der Waals surface area contributed by atoms with Gasteiger partial charge in [-0.05, 0) is 41.5 Å². The normalized spacial score (nSPS) is 10.7. The molecule has 22 heavy (non-hydrogen) atoms. The second kappa shape index (κ2) is 6.03. The molecular formula is C18H13F2NO. The number of aliphatic hydroxyl groups excluding tert-OH is 1. The highest BCUT2D eigenvalue weighted by molar-refractivity contribution is 5.83. The van der Waals surface area contributed by atoms with Crippen molar-refractivity contribution in [2.24, 2.45) is 0 Å². The van der Waals surface area contributed by atoms with Gasteiger partial charge in [0.1, 0.15) is 11.6 Å². The zero-order chi connectivity index (χ0) is 15.5. The topological polar surface area (TPSA) is 33.1 Å². The van der Waals surface area contributed by atoms with Crippen molar-refractivity contribution in [1.82, 2.24) is 4.98 Å². The van der Waals surface area contributed by atoms with E-state index in [9.17, 15) is 13.9 Å². The number of benzene rings is 2. The lowest BCUT2D eigenvalue weighted by Gasteiger charge is -2.13. The van der Waals surface area contributed by atoms with E-state index in [1.54, 1.807) is 36.5 Å². The van der Waals surface area contributed by atoms with Crippen molar-refractivity contribution in [3.63, 3.8) is 0 Å². The van der Waals surface area contributed by atoms with Gasteiger partial charge < -0.3 is 5.11 Å². The van der Waals surface area contributed by atoms with Crippen molar-refractivity contribution in [1.29, 1.82) is 0 Å². The van der Waals surface area contributed by atoms with Crippen LogP contribution in [-0.4, -0.2) is 10.1 Å². The molecular weight excluding hydrogens is 284 g/mol. The number of rotatable bonds is 3. The summed E-state index contributed by atoms with van der Waals surface area (Å²) in [5.74, 6) is -0.755. The summed E-state index contributed by atoms with van der Waals surface area (Å²) in [5, 5.41) is 9.58. The zero-order valence-corrected chi connectivity index (χ0v) is 11.6. The highest BCUT2D eigenvalue weighted by Crippen LogP contribution is 2.33. The molecule has 2 nitrogen and oxygen atoms in total. The van der Waals surface area contributed by atoms with E-state index >= 15 is 0 Å². The third-order valence-electron chi connectivity index (χ3n) is 3.42. The Kier molecular flexibility index (Phi) is 3.94. The number of halogens is 2. The predicted molar refractivity (Wildman–Crippen MR) is 80.9 cm³/mol. The summed E-state index contributed by atoms with van der Waals surface area (Å²) in [5.41, 5.74) is 2.90. The largest absolute Gasteiger partial charge is 0.392 e. The van der Waals surface area contributed by atoms with Crippen LogP contribution in [0.15, 0.2) is 60.8 Å². The minimum absolute atomic E-state index is 0.212. The molecule has 0 spiro atoms. The van der Waals surface area contributed by atoms with Gasteiger partial charge in [-0.3, -0.25) is 4.98 Å². The maximum absolute atomic E-state index is 13.5. The lowest BCUT2D eigenvalue weighted by Crippen LogP contribution is -1.96. The summed E-state index contributed by atoms with van der Waals surface area (Å²) < 4.78 is 27.0. The number of aliphatic hydroxyl groups is 1. The molecule has 0 atom stereocenters. The third-order valence-corrected chi connectivity index (χ3v) is 3.42. The Bertz CT molecular complexity index is 818. The van der Waals surface area contributed by atoms with Gasteiger partial charge in [0.05, 0.1) is 12.3 Å². The van der Waals surface area contributed by atoms with Gasteiger partial charge in [0.2, 0.25) is 0 Å². The van der Waals surface area contributed by atoms with Crippen LogP contribution in [0.25, 0.3) is 22.4 Å². The lowest BCUT2D eigenvalue weighted by molar-refractivity contribution is 0.282. The predicted octanol–water partition coefficient (Wildman–Crippen LogP) is 4.19. The van der Waals surface area contributed by atoms with Crippen LogP contribution in [0.1, 0.15) is 5.56 Å². The van der Waals surface area contributed by atoms with Crippen LogP contribution in [0.2, 0.25) is 0 Å². The van der Waals surface area contributed by atoms with Crippen LogP contribution in [-0.2, 0) is 6.61 Å². The van der Waals surface area contributed by atoms with Crippen LogP contribution in [0.5, 0.6) is 0 Å². The van der Waals surface area contributed by atoms with E-state index < -0.39 is 0 Å². The average molecular weight is 297 g/mol. The first-order valence-corrected chi connectivity index (χ1v) is 6.79. The highest BCUT2D eigenvalue weighted by atomic mass is 19.1. The minimum atomic E-state index is -0.379. The van der Waals surface area contributed by atoms with Gasteiger partial charge in [0, 0.05) is 17.3 Å². The molecule has 3 aromatic rings. The quantitative estimate of drug-likeness (QED) is 0.786. The molecule has 0 aliphatic rings. The number of pyridine rings is 1. The third kappa shape index (κ3) is 2.73. The first-order chi connectivity index (χ1) is 10.7. The Morgan fingerprint density at radius 2 is 1.50 bits per heavy atom. The highest BCUT2D eigenvalue weighted by Gasteiger charge is 2.14. The molecule has 1 aromatic heterocycles. The van der Waals surface area contributed by atoms with Crippen molar-refractivity contribution in [2.45, 2.75) is 6.61 Å². The molecule has 3 rings (SSSR count). The Labute approximate surface area is 126 Å². The summed E-state index contributed by atoms with van der Waals surface area (Å²) in [6.07, 6.45) is 1.55. The summed E-state index contributed by atoms with van der Waals surface area (Å²) in [4.78, 5) is 4.30. The first-order valence-electron chi connectivity index (χ1n) is 6.79. The maximum Gasteiger partial charge on any atom is 0.123 e. The second-order valence-electron chi connectivity index (χ2n) is 4.87. The van der Waals surface area contributed by atoms with E-state index in [0.717, 1.165) is 0 Å². The monoisotopic (exact) mass is 297 g/mol. The molecule has 0 aliphatic heterocycles. The smallest absolute Gasteiger partial charge is 0.123 e. The molecule has 1 heterocycles. The van der Waals surface area contributed by atoms with Gasteiger partial charge in [-0.15, -0.1) is 0 Å². The van der Waals surface area contributed by atoms with Crippen molar-refractivity contribution in [2.75, 3.05) is 0 Å². The molecule has 4 heteroatoms. The molecule has 0 fully saturated rings. The van der Waals surface area contributed by atoms with E-state index in [-0.39, 0.29) is 18.2 Å². The molecule has 0 saturated heterocycles. The van der Waals surface area contributed by atoms with Gasteiger partial charge in [-0.2, -0.15) is 0 Å². The number of nitrogens with zero attached hydrogens (tertiary/aromatic N) is 1. The SMILES string of the molecule is OCc1ccnc(-c2cccc(F)c2)c1-c1cccc(F)c1. The van der Waals surface area contributed by atoms with Crippen LogP contribution in [0.3, 0.4) is 0 Å². The molecule has 0 bridgehead atoms. The fourth-order valence-corrected chi connectivity index (χ4v) is 2.45. The van der Waals surface area contributed by atoms with Crippen molar-refractivity contribution in [3.8, 4) is 22.4 Å². The molecule has 110 valence electrons. The zero-order valence-electron chi connectivity index (χ0n) is 11.6. The van der Waals surface area contributed by atoms with Gasteiger partial charge in [0.15, 0.2) is 0 Å². The number of hydrogen-bond acceptors (Lipinski definition) is 2. The van der Waals surface area contributed by atoms with Crippen LogP contribution in [0, 0.1) is 11.6 Å².